The van der Waals surface area contributed by atoms with E-state index in [0.717, 1.165) is 76.8 Å². The van der Waals surface area contributed by atoms with Gasteiger partial charge < -0.3 is 0 Å². The first-order valence-electron chi connectivity index (χ1n) is 15.4. The maximum Gasteiger partial charge on any atom is 0.0991 e. The molecule has 0 aliphatic rings. The molecule has 0 heterocycles. The van der Waals surface area contributed by atoms with E-state index >= 15 is 0 Å². The van der Waals surface area contributed by atoms with E-state index in [2.05, 4.69) is 60.7 Å². The number of hydrogen-bond donors (Lipinski definition) is 0. The lowest BCUT2D eigenvalue weighted by molar-refractivity contribution is 1.48. The zero-order chi connectivity index (χ0) is 32.8. The SMILES string of the molecule is N#Cc1ccc(-c2cc(-c3ccc(C#N)cc3)c3ccc4c(-c5ccc(C#N)cc5)cc(-c5ccc(C#N)cc5)c5ccc2c3c54)cc1. The minimum absolute atomic E-state index is 0.600. The van der Waals surface area contributed by atoms with Gasteiger partial charge in [-0.2, -0.15) is 21.0 Å². The largest absolute Gasteiger partial charge is 0.192 e. The highest BCUT2D eigenvalue weighted by Crippen LogP contribution is 2.48. The smallest absolute Gasteiger partial charge is 0.0991 e. The maximum atomic E-state index is 9.49. The van der Waals surface area contributed by atoms with Crippen molar-refractivity contribution in [3.8, 4) is 68.8 Å². The fraction of sp³-hybridized carbons (Fsp3) is 0. The molecule has 0 aliphatic carbocycles. The van der Waals surface area contributed by atoms with E-state index in [1.54, 1.807) is 0 Å². The molecule has 0 amide bonds. The molecule has 0 saturated carbocycles. The van der Waals surface area contributed by atoms with Crippen LogP contribution in [0.3, 0.4) is 0 Å². The predicted molar refractivity (Wildman–Crippen MR) is 191 cm³/mol. The molecule has 0 bridgehead atoms. The third-order valence-corrected chi connectivity index (χ3v) is 9.20. The lowest BCUT2D eigenvalue weighted by Gasteiger charge is -2.21. The number of nitriles is 4. The molecule has 0 spiro atoms. The Bertz CT molecular complexity index is 2330. The molecule has 8 rings (SSSR count). The van der Waals surface area contributed by atoms with Crippen molar-refractivity contribution >= 4 is 32.3 Å². The Morgan fingerprint density at radius 3 is 0.667 bits per heavy atom. The molecule has 0 saturated heterocycles. The number of nitrogens with zero attached hydrogens (tertiary/aromatic N) is 4. The normalized spacial score (nSPS) is 10.8. The fourth-order valence-electron chi connectivity index (χ4n) is 6.85. The van der Waals surface area contributed by atoms with E-state index < -0.39 is 0 Å². The quantitative estimate of drug-likeness (QED) is 0.186. The van der Waals surface area contributed by atoms with Crippen molar-refractivity contribution < 1.29 is 0 Å². The van der Waals surface area contributed by atoms with Crippen molar-refractivity contribution in [1.82, 2.24) is 0 Å². The van der Waals surface area contributed by atoms with Crippen molar-refractivity contribution in [1.29, 1.82) is 21.0 Å². The average molecular weight is 607 g/mol. The lowest BCUT2D eigenvalue weighted by Crippen LogP contribution is -1.94. The second-order valence-electron chi connectivity index (χ2n) is 11.8. The Hall–Kier alpha value is -7.24. The van der Waals surface area contributed by atoms with Gasteiger partial charge in [0.1, 0.15) is 0 Å². The Morgan fingerprint density at radius 2 is 0.479 bits per heavy atom. The summed E-state index contributed by atoms with van der Waals surface area (Å²) in [5.74, 6) is 0. The average Bonchev–Trinajstić information content (AvgIpc) is 3.16. The summed E-state index contributed by atoms with van der Waals surface area (Å²) in [7, 11) is 0. The third-order valence-electron chi connectivity index (χ3n) is 9.20. The maximum absolute atomic E-state index is 9.49. The van der Waals surface area contributed by atoms with Crippen LogP contribution in [0.5, 0.6) is 0 Å². The standard InChI is InChI=1S/C44H22N4/c45-23-27-1-9-31(10-2-27)39-21-40(32-11-3-28(24-46)4-12-32)36-19-20-38-42(34-15-7-30(26-48)8-16-34)22-41(33-13-5-29(25-47)6-14-33)37-18-17-35(39)43(36)44(37)38/h1-22H. The van der Waals surface area contributed by atoms with Gasteiger partial charge in [-0.15, -0.1) is 0 Å². The van der Waals surface area contributed by atoms with Crippen LogP contribution in [0.4, 0.5) is 0 Å². The van der Waals surface area contributed by atoms with Crippen LogP contribution < -0.4 is 0 Å². The lowest BCUT2D eigenvalue weighted by atomic mass is 9.82. The van der Waals surface area contributed by atoms with Crippen LogP contribution in [0.15, 0.2) is 133 Å². The van der Waals surface area contributed by atoms with Crippen molar-refractivity contribution in [2.45, 2.75) is 0 Å². The molecular formula is C44H22N4. The number of rotatable bonds is 4. The number of hydrogen-bond acceptors (Lipinski definition) is 4. The summed E-state index contributed by atoms with van der Waals surface area (Å²) in [5, 5.41) is 44.5. The predicted octanol–water partition coefficient (Wildman–Crippen LogP) is 10.7. The topological polar surface area (TPSA) is 95.2 Å². The molecule has 0 aromatic heterocycles. The summed E-state index contributed by atoms with van der Waals surface area (Å²) in [6.07, 6.45) is 0. The van der Waals surface area contributed by atoms with Crippen LogP contribution in [0.1, 0.15) is 22.3 Å². The zero-order valence-corrected chi connectivity index (χ0v) is 25.5. The Morgan fingerprint density at radius 1 is 0.271 bits per heavy atom. The van der Waals surface area contributed by atoms with Gasteiger partial charge in [-0.25, -0.2) is 0 Å². The van der Waals surface area contributed by atoms with Crippen LogP contribution in [0.2, 0.25) is 0 Å². The molecule has 8 aromatic carbocycles. The first-order valence-corrected chi connectivity index (χ1v) is 15.4. The van der Waals surface area contributed by atoms with Gasteiger partial charge in [0.2, 0.25) is 0 Å². The van der Waals surface area contributed by atoms with Gasteiger partial charge in [0.25, 0.3) is 0 Å². The molecule has 4 heteroatoms. The van der Waals surface area contributed by atoms with Gasteiger partial charge in [-0.3, -0.25) is 0 Å². The van der Waals surface area contributed by atoms with Crippen LogP contribution in [0, 0.1) is 45.3 Å². The minimum Gasteiger partial charge on any atom is -0.192 e. The second-order valence-corrected chi connectivity index (χ2v) is 11.8. The zero-order valence-electron chi connectivity index (χ0n) is 25.5. The van der Waals surface area contributed by atoms with E-state index in [1.165, 1.54) is 0 Å². The molecule has 0 atom stereocenters. The Balaban J connectivity index is 1.53. The summed E-state index contributed by atoms with van der Waals surface area (Å²) < 4.78 is 0. The van der Waals surface area contributed by atoms with Gasteiger partial charge in [-0.05, 0) is 137 Å². The number of benzene rings is 8. The van der Waals surface area contributed by atoms with Gasteiger partial charge in [-0.1, -0.05) is 72.8 Å². The molecule has 8 aromatic rings. The van der Waals surface area contributed by atoms with Gasteiger partial charge in [0.15, 0.2) is 0 Å². The Kier molecular flexibility index (Phi) is 6.64. The molecule has 0 radical (unpaired) electrons. The van der Waals surface area contributed by atoms with E-state index in [4.69, 9.17) is 0 Å². The van der Waals surface area contributed by atoms with Crippen molar-refractivity contribution in [3.63, 3.8) is 0 Å². The van der Waals surface area contributed by atoms with Gasteiger partial charge >= 0.3 is 0 Å². The van der Waals surface area contributed by atoms with Crippen molar-refractivity contribution in [3.05, 3.63) is 156 Å². The first-order chi connectivity index (χ1) is 23.6. The van der Waals surface area contributed by atoms with E-state index in [1.807, 2.05) is 97.1 Å². The van der Waals surface area contributed by atoms with E-state index in [9.17, 15) is 21.0 Å². The molecule has 4 nitrogen and oxygen atoms in total. The summed E-state index contributed by atoms with van der Waals surface area (Å²) in [4.78, 5) is 0. The second kappa shape index (κ2) is 11.3. The van der Waals surface area contributed by atoms with Gasteiger partial charge in [0, 0.05) is 0 Å². The highest BCUT2D eigenvalue weighted by atomic mass is 14.3. The summed E-state index contributed by atoms with van der Waals surface area (Å²) in [6.45, 7) is 0. The highest BCUT2D eigenvalue weighted by molar-refractivity contribution is 6.31. The van der Waals surface area contributed by atoms with Crippen molar-refractivity contribution in [2.75, 3.05) is 0 Å². The van der Waals surface area contributed by atoms with Crippen LogP contribution in [0.25, 0.3) is 76.8 Å². The molecule has 0 aliphatic heterocycles. The monoisotopic (exact) mass is 606 g/mol. The molecule has 0 fully saturated rings. The third kappa shape index (κ3) is 4.50. The molecule has 218 valence electrons. The summed E-state index contributed by atoms with van der Waals surface area (Å²) in [5.41, 5.74) is 10.6. The summed E-state index contributed by atoms with van der Waals surface area (Å²) in [6, 6.07) is 52.9. The van der Waals surface area contributed by atoms with Crippen LogP contribution in [-0.2, 0) is 0 Å². The minimum atomic E-state index is 0.600. The molecule has 0 N–H and O–H groups in total. The first kappa shape index (κ1) is 28.2. The van der Waals surface area contributed by atoms with Crippen LogP contribution in [-0.4, -0.2) is 0 Å². The fourth-order valence-corrected chi connectivity index (χ4v) is 6.85. The van der Waals surface area contributed by atoms with E-state index in [-0.39, 0.29) is 0 Å². The van der Waals surface area contributed by atoms with E-state index in [0.29, 0.717) is 22.3 Å². The molecular weight excluding hydrogens is 585 g/mol. The molecule has 0 unspecified atom stereocenters. The summed E-state index contributed by atoms with van der Waals surface area (Å²) >= 11 is 0. The van der Waals surface area contributed by atoms with Crippen LogP contribution >= 0.6 is 0 Å². The van der Waals surface area contributed by atoms with Crippen molar-refractivity contribution in [2.24, 2.45) is 0 Å². The van der Waals surface area contributed by atoms with Gasteiger partial charge in [0.05, 0.1) is 46.5 Å². The molecule has 48 heavy (non-hydrogen) atoms. The Labute approximate surface area is 277 Å². The highest BCUT2D eigenvalue weighted by Gasteiger charge is 2.21.